The standard InChI is InChI=1S/C12H18FNO3S/c1-8-6-11(13)4-5-12(8)18(16,17)14-9(2)7-10(3)15/h4-6,9-10,14-15H,7H2,1-3H3. The van der Waals surface area contributed by atoms with E-state index in [1.807, 2.05) is 0 Å². The maximum atomic E-state index is 12.9. The Morgan fingerprint density at radius 2 is 2.00 bits per heavy atom. The number of rotatable bonds is 5. The van der Waals surface area contributed by atoms with Crippen LogP contribution in [0.4, 0.5) is 4.39 Å². The van der Waals surface area contributed by atoms with Crippen LogP contribution in [-0.4, -0.2) is 25.7 Å². The van der Waals surface area contributed by atoms with Crippen molar-refractivity contribution in [2.75, 3.05) is 0 Å². The average molecular weight is 275 g/mol. The summed E-state index contributed by atoms with van der Waals surface area (Å²) in [4.78, 5) is 0.0568. The van der Waals surface area contributed by atoms with E-state index in [2.05, 4.69) is 4.72 Å². The second-order valence-corrected chi connectivity index (χ2v) is 6.20. The summed E-state index contributed by atoms with van der Waals surface area (Å²) in [6.45, 7) is 4.80. The van der Waals surface area contributed by atoms with E-state index in [1.165, 1.54) is 19.1 Å². The van der Waals surface area contributed by atoms with Gasteiger partial charge in [-0.25, -0.2) is 17.5 Å². The van der Waals surface area contributed by atoms with Crippen LogP contribution < -0.4 is 4.72 Å². The predicted octanol–water partition coefficient (Wildman–Crippen LogP) is 1.57. The first-order valence-electron chi connectivity index (χ1n) is 5.69. The number of benzene rings is 1. The predicted molar refractivity (Wildman–Crippen MR) is 67.2 cm³/mol. The maximum absolute atomic E-state index is 12.9. The largest absolute Gasteiger partial charge is 0.393 e. The summed E-state index contributed by atoms with van der Waals surface area (Å²) in [6.07, 6.45) is -0.267. The SMILES string of the molecule is Cc1cc(F)ccc1S(=O)(=O)NC(C)CC(C)O. The van der Waals surface area contributed by atoms with E-state index in [1.54, 1.807) is 13.8 Å². The zero-order chi connectivity index (χ0) is 13.9. The number of hydrogen-bond acceptors (Lipinski definition) is 3. The monoisotopic (exact) mass is 275 g/mol. The summed E-state index contributed by atoms with van der Waals surface area (Å²) in [5.74, 6) is -0.469. The molecular formula is C12H18FNO3S. The third-order valence-electron chi connectivity index (χ3n) is 2.48. The molecule has 0 fully saturated rings. The van der Waals surface area contributed by atoms with Gasteiger partial charge in [-0.2, -0.15) is 0 Å². The van der Waals surface area contributed by atoms with Crippen molar-refractivity contribution in [1.82, 2.24) is 4.72 Å². The minimum atomic E-state index is -3.68. The van der Waals surface area contributed by atoms with Crippen LogP contribution in [0.5, 0.6) is 0 Å². The van der Waals surface area contributed by atoms with Crippen molar-refractivity contribution in [3.05, 3.63) is 29.6 Å². The van der Waals surface area contributed by atoms with Gasteiger partial charge in [0.2, 0.25) is 10.0 Å². The number of halogens is 1. The molecule has 0 saturated carbocycles. The van der Waals surface area contributed by atoms with Crippen molar-refractivity contribution in [2.24, 2.45) is 0 Å². The van der Waals surface area contributed by atoms with Crippen LogP contribution in [0.15, 0.2) is 23.1 Å². The fraction of sp³-hybridized carbons (Fsp3) is 0.500. The van der Waals surface area contributed by atoms with Crippen molar-refractivity contribution in [2.45, 2.75) is 44.2 Å². The molecule has 4 nitrogen and oxygen atoms in total. The second kappa shape index (κ2) is 5.77. The molecule has 1 rings (SSSR count). The minimum absolute atomic E-state index is 0.0568. The first kappa shape index (κ1) is 15.1. The molecule has 0 aliphatic carbocycles. The molecule has 18 heavy (non-hydrogen) atoms. The molecule has 2 atom stereocenters. The molecule has 0 amide bonds. The molecular weight excluding hydrogens is 257 g/mol. The number of nitrogens with one attached hydrogen (secondary N) is 1. The normalized spacial score (nSPS) is 15.4. The van der Waals surface area contributed by atoms with E-state index in [4.69, 9.17) is 0 Å². The van der Waals surface area contributed by atoms with E-state index in [9.17, 15) is 17.9 Å². The summed E-state index contributed by atoms with van der Waals surface area (Å²) in [7, 11) is -3.68. The van der Waals surface area contributed by atoms with Crippen molar-refractivity contribution in [3.63, 3.8) is 0 Å². The van der Waals surface area contributed by atoms with Crippen LogP contribution in [0.3, 0.4) is 0 Å². The summed E-state index contributed by atoms with van der Waals surface area (Å²) >= 11 is 0. The van der Waals surface area contributed by atoms with E-state index in [-0.39, 0.29) is 10.9 Å². The van der Waals surface area contributed by atoms with E-state index in [0.717, 1.165) is 6.07 Å². The van der Waals surface area contributed by atoms with Gasteiger partial charge in [0.15, 0.2) is 0 Å². The summed E-state index contributed by atoms with van der Waals surface area (Å²) < 4.78 is 39.5. The van der Waals surface area contributed by atoms with E-state index in [0.29, 0.717) is 12.0 Å². The second-order valence-electron chi connectivity index (χ2n) is 4.52. The Balaban J connectivity index is 2.93. The lowest BCUT2D eigenvalue weighted by molar-refractivity contribution is 0.175. The highest BCUT2D eigenvalue weighted by Crippen LogP contribution is 2.16. The minimum Gasteiger partial charge on any atom is -0.393 e. The molecule has 0 bridgehead atoms. The lowest BCUT2D eigenvalue weighted by Gasteiger charge is -2.16. The van der Waals surface area contributed by atoms with Crippen LogP contribution >= 0.6 is 0 Å². The highest BCUT2D eigenvalue weighted by atomic mass is 32.2. The zero-order valence-corrected chi connectivity index (χ0v) is 11.5. The fourth-order valence-electron chi connectivity index (χ4n) is 1.80. The molecule has 2 N–H and O–H groups in total. The summed E-state index contributed by atoms with van der Waals surface area (Å²) in [5, 5.41) is 9.20. The molecule has 0 spiro atoms. The van der Waals surface area contributed by atoms with Gasteiger partial charge in [-0.3, -0.25) is 0 Å². The maximum Gasteiger partial charge on any atom is 0.241 e. The van der Waals surface area contributed by atoms with Crippen molar-refractivity contribution < 1.29 is 17.9 Å². The highest BCUT2D eigenvalue weighted by molar-refractivity contribution is 7.89. The Labute approximate surface area is 107 Å². The van der Waals surface area contributed by atoms with Crippen LogP contribution in [0.1, 0.15) is 25.8 Å². The van der Waals surface area contributed by atoms with Gasteiger partial charge in [-0.15, -0.1) is 0 Å². The molecule has 0 radical (unpaired) electrons. The van der Waals surface area contributed by atoms with Crippen LogP contribution in [0.25, 0.3) is 0 Å². The molecule has 2 unspecified atom stereocenters. The van der Waals surface area contributed by atoms with Crippen molar-refractivity contribution in [1.29, 1.82) is 0 Å². The number of aliphatic hydroxyl groups is 1. The fourth-order valence-corrected chi connectivity index (χ4v) is 3.29. The number of aryl methyl sites for hydroxylation is 1. The number of hydrogen-bond donors (Lipinski definition) is 2. The lowest BCUT2D eigenvalue weighted by atomic mass is 10.2. The summed E-state index contributed by atoms with van der Waals surface area (Å²) in [5.41, 5.74) is 0.353. The zero-order valence-electron chi connectivity index (χ0n) is 10.6. The Kier molecular flexibility index (Phi) is 4.84. The molecule has 0 saturated heterocycles. The van der Waals surface area contributed by atoms with Gasteiger partial charge in [0, 0.05) is 6.04 Å². The first-order valence-corrected chi connectivity index (χ1v) is 7.17. The molecule has 0 aliphatic heterocycles. The van der Waals surface area contributed by atoms with Crippen molar-refractivity contribution >= 4 is 10.0 Å². The topological polar surface area (TPSA) is 66.4 Å². The summed E-state index contributed by atoms with van der Waals surface area (Å²) in [6, 6.07) is 3.14. The van der Waals surface area contributed by atoms with Crippen molar-refractivity contribution in [3.8, 4) is 0 Å². The van der Waals surface area contributed by atoms with Gasteiger partial charge >= 0.3 is 0 Å². The Morgan fingerprint density at radius 1 is 1.39 bits per heavy atom. The molecule has 6 heteroatoms. The Morgan fingerprint density at radius 3 is 2.50 bits per heavy atom. The van der Waals surface area contributed by atoms with Crippen LogP contribution in [0.2, 0.25) is 0 Å². The highest BCUT2D eigenvalue weighted by Gasteiger charge is 2.20. The van der Waals surface area contributed by atoms with Gasteiger partial charge < -0.3 is 5.11 Å². The third kappa shape index (κ3) is 4.04. The molecule has 0 aromatic heterocycles. The van der Waals surface area contributed by atoms with Gasteiger partial charge in [-0.05, 0) is 51.0 Å². The smallest absolute Gasteiger partial charge is 0.241 e. The van der Waals surface area contributed by atoms with Crippen LogP contribution in [0, 0.1) is 12.7 Å². The quantitative estimate of drug-likeness (QED) is 0.857. The molecule has 102 valence electrons. The molecule has 1 aromatic carbocycles. The number of aliphatic hydroxyl groups excluding tert-OH is 1. The molecule has 1 aromatic rings. The van der Waals surface area contributed by atoms with Crippen LogP contribution in [-0.2, 0) is 10.0 Å². The average Bonchev–Trinajstić information content (AvgIpc) is 2.13. The first-order chi connectivity index (χ1) is 8.22. The third-order valence-corrected chi connectivity index (χ3v) is 4.23. The molecule has 0 aliphatic rings. The Hall–Kier alpha value is -0.980. The van der Waals surface area contributed by atoms with Gasteiger partial charge in [0.25, 0.3) is 0 Å². The Bertz CT molecular complexity index is 514. The lowest BCUT2D eigenvalue weighted by Crippen LogP contribution is -2.35. The number of sulfonamides is 1. The van der Waals surface area contributed by atoms with Gasteiger partial charge in [0.1, 0.15) is 5.82 Å². The van der Waals surface area contributed by atoms with Gasteiger partial charge in [-0.1, -0.05) is 0 Å². The van der Waals surface area contributed by atoms with Gasteiger partial charge in [0.05, 0.1) is 11.0 Å². The van der Waals surface area contributed by atoms with E-state index >= 15 is 0 Å². The molecule has 0 heterocycles. The van der Waals surface area contributed by atoms with E-state index < -0.39 is 21.9 Å².